The molecule has 7 heteroatoms. The highest BCUT2D eigenvalue weighted by molar-refractivity contribution is 6.03. The fraction of sp³-hybridized carbons (Fsp3) is 0.190. The molecule has 2 aromatic carbocycles. The molecule has 1 aromatic heterocycles. The van der Waals surface area contributed by atoms with Crippen molar-refractivity contribution < 1.29 is 14.3 Å². The molecule has 28 heavy (non-hydrogen) atoms. The van der Waals surface area contributed by atoms with Gasteiger partial charge in [0.15, 0.2) is 23.0 Å². The highest BCUT2D eigenvalue weighted by Gasteiger charge is 2.11. The van der Waals surface area contributed by atoms with Crippen molar-refractivity contribution in [2.24, 2.45) is 0 Å². The van der Waals surface area contributed by atoms with Crippen molar-refractivity contribution in [3.8, 4) is 11.5 Å². The second-order valence-electron chi connectivity index (χ2n) is 6.20. The topological polar surface area (TPSA) is 85.4 Å². The predicted molar refractivity (Wildman–Crippen MR) is 109 cm³/mol. The van der Waals surface area contributed by atoms with E-state index in [0.717, 1.165) is 22.5 Å². The molecule has 0 atom stereocenters. The lowest BCUT2D eigenvalue weighted by molar-refractivity contribution is 0.102. The highest BCUT2D eigenvalue weighted by atomic mass is 16.5. The number of methoxy groups -OCH3 is 2. The second kappa shape index (κ2) is 8.39. The molecule has 1 heterocycles. The zero-order valence-electron chi connectivity index (χ0n) is 16.2. The van der Waals surface area contributed by atoms with Crippen molar-refractivity contribution in [2.45, 2.75) is 13.8 Å². The van der Waals surface area contributed by atoms with Crippen LogP contribution in [0.3, 0.4) is 0 Å². The third kappa shape index (κ3) is 4.20. The summed E-state index contributed by atoms with van der Waals surface area (Å²) in [6.07, 6.45) is 0. The molecule has 3 aromatic rings. The molecule has 1 amide bonds. The van der Waals surface area contributed by atoms with E-state index in [9.17, 15) is 4.79 Å². The second-order valence-corrected chi connectivity index (χ2v) is 6.20. The van der Waals surface area contributed by atoms with Crippen molar-refractivity contribution in [3.05, 3.63) is 65.4 Å². The van der Waals surface area contributed by atoms with E-state index in [4.69, 9.17) is 9.47 Å². The van der Waals surface area contributed by atoms with Gasteiger partial charge in [-0.3, -0.25) is 4.79 Å². The summed E-state index contributed by atoms with van der Waals surface area (Å²) in [5.41, 5.74) is 3.89. The summed E-state index contributed by atoms with van der Waals surface area (Å²) < 4.78 is 10.5. The van der Waals surface area contributed by atoms with Gasteiger partial charge in [0, 0.05) is 17.4 Å². The summed E-state index contributed by atoms with van der Waals surface area (Å²) in [6.45, 7) is 3.96. The summed E-state index contributed by atoms with van der Waals surface area (Å²) in [5, 5.41) is 14.1. The van der Waals surface area contributed by atoms with E-state index in [2.05, 4.69) is 20.8 Å². The average molecular weight is 378 g/mol. The van der Waals surface area contributed by atoms with Crippen molar-refractivity contribution in [2.75, 3.05) is 24.9 Å². The zero-order valence-corrected chi connectivity index (χ0v) is 16.2. The Kier molecular flexibility index (Phi) is 5.74. The summed E-state index contributed by atoms with van der Waals surface area (Å²) in [6, 6.07) is 14.5. The third-order valence-electron chi connectivity index (χ3n) is 4.41. The zero-order chi connectivity index (χ0) is 20.1. The van der Waals surface area contributed by atoms with Crippen LogP contribution in [0, 0.1) is 13.8 Å². The van der Waals surface area contributed by atoms with Gasteiger partial charge >= 0.3 is 0 Å². The van der Waals surface area contributed by atoms with Gasteiger partial charge in [0.2, 0.25) is 0 Å². The summed E-state index contributed by atoms with van der Waals surface area (Å²) in [5.74, 6) is 1.44. The fourth-order valence-electron chi connectivity index (χ4n) is 2.65. The molecule has 0 aliphatic heterocycles. The normalized spacial score (nSPS) is 10.3. The number of rotatable bonds is 6. The number of amides is 1. The number of carbonyl (C=O) groups is 1. The molecule has 0 aliphatic rings. The Balaban J connectivity index is 1.71. The standard InChI is InChI=1S/C21H22N4O3/c1-13-6-5-7-16(14(13)2)23-21(26)17-9-11-20(25-24-17)22-15-8-10-18(27-3)19(12-15)28-4/h5-12H,1-4H3,(H,22,25)(H,23,26). The lowest BCUT2D eigenvalue weighted by Crippen LogP contribution is -2.15. The van der Waals surface area contributed by atoms with Crippen LogP contribution in [0.1, 0.15) is 21.6 Å². The molecule has 0 bridgehead atoms. The molecule has 0 fully saturated rings. The number of anilines is 3. The largest absolute Gasteiger partial charge is 0.493 e. The van der Waals surface area contributed by atoms with Crippen LogP contribution in [0.5, 0.6) is 11.5 Å². The maximum atomic E-state index is 12.4. The molecule has 0 saturated carbocycles. The van der Waals surface area contributed by atoms with E-state index in [1.54, 1.807) is 38.5 Å². The van der Waals surface area contributed by atoms with Crippen molar-refractivity contribution >= 4 is 23.1 Å². The Labute approximate surface area is 163 Å². The maximum absolute atomic E-state index is 12.4. The number of nitrogens with one attached hydrogen (secondary N) is 2. The maximum Gasteiger partial charge on any atom is 0.276 e. The Morgan fingerprint density at radius 3 is 2.39 bits per heavy atom. The predicted octanol–water partition coefficient (Wildman–Crippen LogP) is 4.11. The van der Waals surface area contributed by atoms with Crippen molar-refractivity contribution in [3.63, 3.8) is 0 Å². The van der Waals surface area contributed by atoms with Crippen LogP contribution < -0.4 is 20.1 Å². The van der Waals surface area contributed by atoms with Crippen LogP contribution in [0.2, 0.25) is 0 Å². The van der Waals surface area contributed by atoms with Crippen molar-refractivity contribution in [1.82, 2.24) is 10.2 Å². The first-order valence-electron chi connectivity index (χ1n) is 8.72. The van der Waals surface area contributed by atoms with E-state index >= 15 is 0 Å². The number of hydrogen-bond donors (Lipinski definition) is 2. The smallest absolute Gasteiger partial charge is 0.276 e. The highest BCUT2D eigenvalue weighted by Crippen LogP contribution is 2.30. The Bertz CT molecular complexity index is 987. The van der Waals surface area contributed by atoms with Gasteiger partial charge in [-0.2, -0.15) is 0 Å². The van der Waals surface area contributed by atoms with E-state index in [1.807, 2.05) is 38.1 Å². The Hall–Kier alpha value is -3.61. The number of aryl methyl sites for hydroxylation is 1. The first kappa shape index (κ1) is 19.2. The molecule has 0 radical (unpaired) electrons. The van der Waals surface area contributed by atoms with Crippen LogP contribution in [-0.2, 0) is 0 Å². The minimum Gasteiger partial charge on any atom is -0.493 e. The molecule has 144 valence electrons. The minimum absolute atomic E-state index is 0.235. The number of aromatic nitrogens is 2. The Morgan fingerprint density at radius 1 is 0.929 bits per heavy atom. The lowest BCUT2D eigenvalue weighted by atomic mass is 10.1. The summed E-state index contributed by atoms with van der Waals surface area (Å²) >= 11 is 0. The molecule has 0 aliphatic carbocycles. The first-order valence-corrected chi connectivity index (χ1v) is 8.72. The van der Waals surface area contributed by atoms with E-state index in [-0.39, 0.29) is 11.6 Å². The van der Waals surface area contributed by atoms with Gasteiger partial charge in [-0.15, -0.1) is 10.2 Å². The van der Waals surface area contributed by atoms with Crippen LogP contribution in [0.25, 0.3) is 0 Å². The van der Waals surface area contributed by atoms with Gasteiger partial charge < -0.3 is 20.1 Å². The molecule has 0 spiro atoms. The Morgan fingerprint density at radius 2 is 1.71 bits per heavy atom. The van der Waals surface area contributed by atoms with Gasteiger partial charge in [-0.1, -0.05) is 12.1 Å². The van der Waals surface area contributed by atoms with Crippen LogP contribution in [0.4, 0.5) is 17.2 Å². The molecular weight excluding hydrogens is 356 g/mol. The monoisotopic (exact) mass is 378 g/mol. The number of benzene rings is 2. The lowest BCUT2D eigenvalue weighted by Gasteiger charge is -2.11. The van der Waals surface area contributed by atoms with E-state index in [1.165, 1.54) is 0 Å². The van der Waals surface area contributed by atoms with Gasteiger partial charge in [-0.25, -0.2) is 0 Å². The first-order chi connectivity index (χ1) is 13.5. The van der Waals surface area contributed by atoms with Gasteiger partial charge in [-0.05, 0) is 55.3 Å². The van der Waals surface area contributed by atoms with Crippen molar-refractivity contribution in [1.29, 1.82) is 0 Å². The summed E-state index contributed by atoms with van der Waals surface area (Å²) in [4.78, 5) is 12.4. The average Bonchev–Trinajstić information content (AvgIpc) is 2.71. The summed E-state index contributed by atoms with van der Waals surface area (Å²) in [7, 11) is 3.16. The van der Waals surface area contributed by atoms with Crippen LogP contribution in [-0.4, -0.2) is 30.3 Å². The molecule has 3 rings (SSSR count). The number of ether oxygens (including phenoxy) is 2. The molecular formula is C21H22N4O3. The molecule has 2 N–H and O–H groups in total. The van der Waals surface area contributed by atoms with E-state index < -0.39 is 0 Å². The fourth-order valence-corrected chi connectivity index (χ4v) is 2.65. The number of nitrogens with zero attached hydrogens (tertiary/aromatic N) is 2. The number of carbonyl (C=O) groups excluding carboxylic acids is 1. The minimum atomic E-state index is -0.307. The van der Waals surface area contributed by atoms with E-state index in [0.29, 0.717) is 17.3 Å². The van der Waals surface area contributed by atoms with Gasteiger partial charge in [0.25, 0.3) is 5.91 Å². The van der Waals surface area contributed by atoms with Gasteiger partial charge in [0.1, 0.15) is 0 Å². The van der Waals surface area contributed by atoms with Crippen LogP contribution in [0.15, 0.2) is 48.5 Å². The number of hydrogen-bond acceptors (Lipinski definition) is 6. The molecule has 7 nitrogen and oxygen atoms in total. The van der Waals surface area contributed by atoms with Crippen LogP contribution >= 0.6 is 0 Å². The quantitative estimate of drug-likeness (QED) is 0.671. The molecule has 0 unspecified atom stereocenters. The SMILES string of the molecule is COc1ccc(Nc2ccc(C(=O)Nc3cccc(C)c3C)nn2)cc1OC. The molecule has 0 saturated heterocycles. The third-order valence-corrected chi connectivity index (χ3v) is 4.41. The van der Waals surface area contributed by atoms with Gasteiger partial charge in [0.05, 0.1) is 14.2 Å².